The van der Waals surface area contributed by atoms with Crippen molar-refractivity contribution in [1.82, 2.24) is 24.5 Å². The topological polar surface area (TPSA) is 110 Å². The van der Waals surface area contributed by atoms with Crippen LogP contribution in [0.1, 0.15) is 44.6 Å². The largest absolute Gasteiger partial charge is 0.324 e. The van der Waals surface area contributed by atoms with Crippen molar-refractivity contribution in [2.45, 2.75) is 50.5 Å². The molecule has 33 heavy (non-hydrogen) atoms. The number of hydrogen-bond acceptors (Lipinski definition) is 6. The van der Waals surface area contributed by atoms with Crippen molar-refractivity contribution in [3.63, 3.8) is 0 Å². The van der Waals surface area contributed by atoms with Crippen LogP contribution in [-0.4, -0.2) is 51.9 Å². The van der Waals surface area contributed by atoms with E-state index in [0.717, 1.165) is 24.8 Å². The fraction of sp³-hybridized carbons (Fsp3) is 0.391. The zero-order chi connectivity index (χ0) is 23.4. The third-order valence-electron chi connectivity index (χ3n) is 5.66. The first-order valence-corrected chi connectivity index (χ1v) is 12.5. The lowest BCUT2D eigenvalue weighted by atomic mass is 10.0. The van der Waals surface area contributed by atoms with Crippen molar-refractivity contribution in [2.75, 3.05) is 18.4 Å². The molecule has 1 amide bonds. The number of nitrogens with zero attached hydrogens (tertiary/aromatic N) is 5. The Bertz CT molecular complexity index is 1200. The van der Waals surface area contributed by atoms with Gasteiger partial charge in [-0.05, 0) is 53.8 Å². The van der Waals surface area contributed by atoms with Gasteiger partial charge in [0.15, 0.2) is 0 Å². The Morgan fingerprint density at radius 1 is 1.00 bits per heavy atom. The average molecular weight is 469 g/mol. The van der Waals surface area contributed by atoms with Gasteiger partial charge in [-0.15, -0.1) is 10.2 Å². The highest BCUT2D eigenvalue weighted by Gasteiger charge is 2.25. The molecule has 1 N–H and O–H groups in total. The van der Waals surface area contributed by atoms with Gasteiger partial charge >= 0.3 is 0 Å². The maximum Gasteiger partial charge on any atom is 0.248 e. The number of carbonyl (C=O) groups is 1. The van der Waals surface area contributed by atoms with Gasteiger partial charge in [-0.3, -0.25) is 4.79 Å². The molecule has 0 aliphatic carbocycles. The van der Waals surface area contributed by atoms with Crippen LogP contribution in [0, 0.1) is 0 Å². The fourth-order valence-electron chi connectivity index (χ4n) is 3.74. The maximum atomic E-state index is 12.7. The monoisotopic (exact) mass is 468 g/mol. The normalized spacial score (nSPS) is 15.0. The van der Waals surface area contributed by atoms with E-state index in [-0.39, 0.29) is 17.3 Å². The Morgan fingerprint density at radius 3 is 2.30 bits per heavy atom. The number of hydrogen-bond donors (Lipinski definition) is 1. The Morgan fingerprint density at radius 2 is 1.67 bits per heavy atom. The number of tetrazole rings is 1. The standard InChI is InChI=1S/C23H28N6O3S/c1-17(2)18-6-8-19(9-7-18)23-25-27-29(26-23)16-22(30)24-20-10-12-21(13-11-20)33(31,32)28-14-4-3-5-15-28/h6-13,17H,3-5,14-16H2,1-2H3,(H,24,30). The number of amides is 1. The molecule has 0 radical (unpaired) electrons. The number of piperidine rings is 1. The molecule has 1 aliphatic rings. The van der Waals surface area contributed by atoms with Crippen LogP contribution in [0.15, 0.2) is 53.4 Å². The number of anilines is 1. The molecule has 1 saturated heterocycles. The Labute approximate surface area is 193 Å². The molecule has 0 saturated carbocycles. The molecule has 4 rings (SSSR count). The quantitative estimate of drug-likeness (QED) is 0.570. The zero-order valence-electron chi connectivity index (χ0n) is 18.8. The molecule has 10 heteroatoms. The summed E-state index contributed by atoms with van der Waals surface area (Å²) < 4.78 is 27.0. The second-order valence-corrected chi connectivity index (χ2v) is 10.4. The molecule has 0 spiro atoms. The summed E-state index contributed by atoms with van der Waals surface area (Å²) in [5.41, 5.74) is 2.55. The average Bonchev–Trinajstić information content (AvgIpc) is 3.28. The molecule has 2 heterocycles. The number of aromatic nitrogens is 4. The zero-order valence-corrected chi connectivity index (χ0v) is 19.6. The SMILES string of the molecule is CC(C)c1ccc(-c2nnn(CC(=O)Nc3ccc(S(=O)(=O)N4CCCCC4)cc3)n2)cc1. The van der Waals surface area contributed by atoms with Crippen LogP contribution in [0.4, 0.5) is 5.69 Å². The van der Waals surface area contributed by atoms with E-state index >= 15 is 0 Å². The Kier molecular flexibility index (Phi) is 6.85. The summed E-state index contributed by atoms with van der Waals surface area (Å²) in [7, 11) is -3.50. The van der Waals surface area contributed by atoms with Crippen molar-refractivity contribution in [2.24, 2.45) is 0 Å². The van der Waals surface area contributed by atoms with Gasteiger partial charge in [0.2, 0.25) is 21.8 Å². The number of benzene rings is 2. The fourth-order valence-corrected chi connectivity index (χ4v) is 5.25. The number of sulfonamides is 1. The molecule has 1 fully saturated rings. The van der Waals surface area contributed by atoms with Gasteiger partial charge in [-0.1, -0.05) is 44.5 Å². The minimum absolute atomic E-state index is 0.106. The van der Waals surface area contributed by atoms with E-state index in [1.54, 1.807) is 12.1 Å². The molecule has 0 atom stereocenters. The molecule has 1 aliphatic heterocycles. The predicted octanol–water partition coefficient (Wildman–Crippen LogP) is 3.28. The summed E-state index contributed by atoms with van der Waals surface area (Å²) in [6.45, 7) is 5.25. The summed E-state index contributed by atoms with van der Waals surface area (Å²) in [5.74, 6) is 0.552. The van der Waals surface area contributed by atoms with Crippen LogP contribution in [0.2, 0.25) is 0 Å². The first kappa shape index (κ1) is 23.1. The van der Waals surface area contributed by atoms with Gasteiger partial charge in [0.1, 0.15) is 6.54 Å². The summed E-state index contributed by atoms with van der Waals surface area (Å²) >= 11 is 0. The summed E-state index contributed by atoms with van der Waals surface area (Å²) in [4.78, 5) is 13.9. The van der Waals surface area contributed by atoms with Gasteiger partial charge < -0.3 is 5.32 Å². The minimum Gasteiger partial charge on any atom is -0.324 e. The van der Waals surface area contributed by atoms with Crippen LogP contribution in [0.25, 0.3) is 11.4 Å². The molecular formula is C23H28N6O3S. The Balaban J connectivity index is 1.36. The van der Waals surface area contributed by atoms with Gasteiger partial charge in [-0.2, -0.15) is 9.10 Å². The van der Waals surface area contributed by atoms with Gasteiger partial charge in [-0.25, -0.2) is 8.42 Å². The van der Waals surface area contributed by atoms with Crippen molar-refractivity contribution in [3.05, 3.63) is 54.1 Å². The number of rotatable bonds is 7. The van der Waals surface area contributed by atoms with E-state index in [1.807, 2.05) is 24.3 Å². The van der Waals surface area contributed by atoms with Crippen LogP contribution in [0.3, 0.4) is 0 Å². The van der Waals surface area contributed by atoms with Crippen molar-refractivity contribution < 1.29 is 13.2 Å². The highest BCUT2D eigenvalue weighted by atomic mass is 32.2. The van der Waals surface area contributed by atoms with Gasteiger partial charge in [0, 0.05) is 24.3 Å². The molecule has 2 aromatic carbocycles. The van der Waals surface area contributed by atoms with Crippen LogP contribution in [0.5, 0.6) is 0 Å². The molecule has 1 aromatic heterocycles. The lowest BCUT2D eigenvalue weighted by molar-refractivity contribution is -0.117. The minimum atomic E-state index is -3.50. The molecule has 0 bridgehead atoms. The molecule has 9 nitrogen and oxygen atoms in total. The highest BCUT2D eigenvalue weighted by Crippen LogP contribution is 2.22. The van der Waals surface area contributed by atoms with E-state index in [2.05, 4.69) is 34.6 Å². The predicted molar refractivity (Wildman–Crippen MR) is 125 cm³/mol. The second kappa shape index (κ2) is 9.80. The lowest BCUT2D eigenvalue weighted by Crippen LogP contribution is -2.35. The summed E-state index contributed by atoms with van der Waals surface area (Å²) in [5, 5.41) is 15.0. The maximum absolute atomic E-state index is 12.7. The highest BCUT2D eigenvalue weighted by molar-refractivity contribution is 7.89. The second-order valence-electron chi connectivity index (χ2n) is 8.46. The smallest absolute Gasteiger partial charge is 0.248 e. The number of carbonyl (C=O) groups excluding carboxylic acids is 1. The van der Waals surface area contributed by atoms with Crippen LogP contribution >= 0.6 is 0 Å². The number of nitrogens with one attached hydrogen (secondary N) is 1. The third-order valence-corrected chi connectivity index (χ3v) is 7.58. The van der Waals surface area contributed by atoms with Gasteiger partial charge in [0.05, 0.1) is 4.90 Å². The third kappa shape index (κ3) is 5.45. The van der Waals surface area contributed by atoms with Crippen molar-refractivity contribution >= 4 is 21.6 Å². The van der Waals surface area contributed by atoms with E-state index < -0.39 is 10.0 Å². The lowest BCUT2D eigenvalue weighted by Gasteiger charge is -2.25. The summed E-state index contributed by atoms with van der Waals surface area (Å²) in [6.07, 6.45) is 2.83. The molecule has 174 valence electrons. The first-order valence-electron chi connectivity index (χ1n) is 11.1. The molecule has 0 unspecified atom stereocenters. The summed E-state index contributed by atoms with van der Waals surface area (Å²) in [6, 6.07) is 14.2. The van der Waals surface area contributed by atoms with Crippen molar-refractivity contribution in [1.29, 1.82) is 0 Å². The first-order chi connectivity index (χ1) is 15.8. The van der Waals surface area contributed by atoms with Crippen LogP contribution < -0.4 is 5.32 Å². The van der Waals surface area contributed by atoms with E-state index in [9.17, 15) is 13.2 Å². The molecule has 3 aromatic rings. The van der Waals surface area contributed by atoms with E-state index in [4.69, 9.17) is 0 Å². The van der Waals surface area contributed by atoms with E-state index in [0.29, 0.717) is 30.5 Å². The van der Waals surface area contributed by atoms with Crippen LogP contribution in [-0.2, 0) is 21.4 Å². The Hall–Kier alpha value is -3.11. The molecular weight excluding hydrogens is 440 g/mol. The van der Waals surface area contributed by atoms with Gasteiger partial charge in [0.25, 0.3) is 0 Å². The van der Waals surface area contributed by atoms with Crippen molar-refractivity contribution in [3.8, 4) is 11.4 Å². The van der Waals surface area contributed by atoms with E-state index in [1.165, 1.54) is 26.8 Å².